The van der Waals surface area contributed by atoms with Crippen molar-refractivity contribution in [3.05, 3.63) is 59.5 Å². The first kappa shape index (κ1) is 19.8. The molecule has 1 saturated carbocycles. The van der Waals surface area contributed by atoms with Crippen LogP contribution in [0.1, 0.15) is 36.8 Å². The molecule has 1 aromatic carbocycles. The maximum atomic E-state index is 13.1. The first-order valence-corrected chi connectivity index (χ1v) is 9.48. The van der Waals surface area contributed by atoms with E-state index in [0.717, 1.165) is 18.4 Å². The van der Waals surface area contributed by atoms with Gasteiger partial charge in [0.05, 0.1) is 13.0 Å². The molecule has 0 bridgehead atoms. The van der Waals surface area contributed by atoms with Crippen LogP contribution in [0.4, 0.5) is 4.39 Å². The SMILES string of the molecule is O=C(CNC(=O)Cc1cccc(F)c1)NCc1cccnc1OC1CCCC1. The predicted octanol–water partition coefficient (Wildman–Crippen LogP) is 2.52. The van der Waals surface area contributed by atoms with Gasteiger partial charge >= 0.3 is 0 Å². The number of hydrogen-bond donors (Lipinski definition) is 2. The van der Waals surface area contributed by atoms with Crippen molar-refractivity contribution in [2.75, 3.05) is 6.54 Å². The fraction of sp³-hybridized carbons (Fsp3) is 0.381. The largest absolute Gasteiger partial charge is 0.474 e. The van der Waals surface area contributed by atoms with Gasteiger partial charge in [0.25, 0.3) is 0 Å². The normalized spacial score (nSPS) is 13.9. The monoisotopic (exact) mass is 385 g/mol. The number of rotatable bonds is 8. The second kappa shape index (κ2) is 9.82. The zero-order valence-electron chi connectivity index (χ0n) is 15.6. The summed E-state index contributed by atoms with van der Waals surface area (Å²) in [4.78, 5) is 28.2. The summed E-state index contributed by atoms with van der Waals surface area (Å²) in [6.07, 6.45) is 6.26. The van der Waals surface area contributed by atoms with Crippen LogP contribution >= 0.6 is 0 Å². The van der Waals surface area contributed by atoms with E-state index in [0.29, 0.717) is 11.4 Å². The molecule has 7 heteroatoms. The molecule has 0 radical (unpaired) electrons. The number of nitrogens with zero attached hydrogens (tertiary/aromatic N) is 1. The van der Waals surface area contributed by atoms with Crippen molar-refractivity contribution in [3.8, 4) is 5.88 Å². The van der Waals surface area contributed by atoms with Gasteiger partial charge in [-0.25, -0.2) is 9.37 Å². The number of carbonyl (C=O) groups is 2. The highest BCUT2D eigenvalue weighted by atomic mass is 19.1. The highest BCUT2D eigenvalue weighted by Crippen LogP contribution is 2.24. The average Bonchev–Trinajstić information content (AvgIpc) is 3.19. The lowest BCUT2D eigenvalue weighted by Gasteiger charge is -2.15. The minimum atomic E-state index is -0.393. The van der Waals surface area contributed by atoms with Crippen molar-refractivity contribution in [2.45, 2.75) is 44.8 Å². The molecule has 0 saturated heterocycles. The maximum absolute atomic E-state index is 13.1. The van der Waals surface area contributed by atoms with Crippen molar-refractivity contribution in [1.29, 1.82) is 0 Å². The van der Waals surface area contributed by atoms with Gasteiger partial charge in [-0.1, -0.05) is 18.2 Å². The van der Waals surface area contributed by atoms with Gasteiger partial charge in [-0.15, -0.1) is 0 Å². The lowest BCUT2D eigenvalue weighted by Crippen LogP contribution is -2.37. The molecule has 148 valence electrons. The van der Waals surface area contributed by atoms with Gasteiger partial charge in [0.15, 0.2) is 0 Å². The Balaban J connectivity index is 1.43. The molecule has 28 heavy (non-hydrogen) atoms. The molecule has 1 aliphatic carbocycles. The van der Waals surface area contributed by atoms with Crippen LogP contribution in [0.15, 0.2) is 42.6 Å². The van der Waals surface area contributed by atoms with Gasteiger partial charge in [0.1, 0.15) is 11.9 Å². The Morgan fingerprint density at radius 2 is 1.93 bits per heavy atom. The molecular formula is C21H24FN3O3. The Bertz CT molecular complexity index is 822. The molecule has 2 amide bonds. The van der Waals surface area contributed by atoms with E-state index in [1.165, 1.54) is 25.0 Å². The average molecular weight is 385 g/mol. The van der Waals surface area contributed by atoms with E-state index in [1.807, 2.05) is 6.07 Å². The van der Waals surface area contributed by atoms with E-state index >= 15 is 0 Å². The summed E-state index contributed by atoms with van der Waals surface area (Å²) in [5, 5.41) is 5.30. The molecule has 0 atom stereocenters. The molecule has 0 unspecified atom stereocenters. The van der Waals surface area contributed by atoms with Crippen molar-refractivity contribution in [1.82, 2.24) is 15.6 Å². The number of halogens is 1. The van der Waals surface area contributed by atoms with Crippen molar-refractivity contribution < 1.29 is 18.7 Å². The van der Waals surface area contributed by atoms with E-state index in [9.17, 15) is 14.0 Å². The van der Waals surface area contributed by atoms with E-state index in [-0.39, 0.29) is 37.4 Å². The van der Waals surface area contributed by atoms with Crippen LogP contribution in [0.2, 0.25) is 0 Å². The van der Waals surface area contributed by atoms with Gasteiger partial charge < -0.3 is 15.4 Å². The standard InChI is InChI=1S/C21H24FN3O3/c22-17-7-3-5-15(11-17)12-19(26)25-14-20(27)24-13-16-6-4-10-23-21(16)28-18-8-1-2-9-18/h3-7,10-11,18H,1-2,8-9,12-14H2,(H,24,27)(H,25,26). The number of benzene rings is 1. The summed E-state index contributed by atoms with van der Waals surface area (Å²) in [6, 6.07) is 9.48. The summed E-state index contributed by atoms with van der Waals surface area (Å²) in [7, 11) is 0. The Hall–Kier alpha value is -2.96. The van der Waals surface area contributed by atoms with Crippen LogP contribution < -0.4 is 15.4 Å². The number of nitrogens with one attached hydrogen (secondary N) is 2. The van der Waals surface area contributed by atoms with Crippen LogP contribution in [0.5, 0.6) is 5.88 Å². The zero-order valence-corrected chi connectivity index (χ0v) is 15.6. The van der Waals surface area contributed by atoms with E-state index in [4.69, 9.17) is 4.74 Å². The quantitative estimate of drug-likeness (QED) is 0.732. The van der Waals surface area contributed by atoms with Gasteiger partial charge in [-0.05, 0) is 49.4 Å². The summed E-state index contributed by atoms with van der Waals surface area (Å²) in [5.74, 6) is -0.504. The number of ether oxygens (including phenoxy) is 1. The lowest BCUT2D eigenvalue weighted by atomic mass is 10.1. The number of aromatic nitrogens is 1. The number of amides is 2. The summed E-state index contributed by atoms with van der Waals surface area (Å²) in [6.45, 7) is 0.127. The number of hydrogen-bond acceptors (Lipinski definition) is 4. The molecule has 0 spiro atoms. The van der Waals surface area contributed by atoms with E-state index in [2.05, 4.69) is 15.6 Å². The molecule has 2 N–H and O–H groups in total. The second-order valence-electron chi connectivity index (χ2n) is 6.85. The fourth-order valence-corrected chi connectivity index (χ4v) is 3.16. The van der Waals surface area contributed by atoms with Crippen molar-refractivity contribution in [2.24, 2.45) is 0 Å². The first-order chi connectivity index (χ1) is 13.6. The van der Waals surface area contributed by atoms with Crippen LogP contribution in [0.3, 0.4) is 0 Å². The maximum Gasteiger partial charge on any atom is 0.239 e. The lowest BCUT2D eigenvalue weighted by molar-refractivity contribution is -0.125. The van der Waals surface area contributed by atoms with E-state index in [1.54, 1.807) is 24.4 Å². The molecule has 3 rings (SSSR count). The first-order valence-electron chi connectivity index (χ1n) is 9.48. The molecular weight excluding hydrogens is 361 g/mol. The summed E-state index contributed by atoms with van der Waals surface area (Å²) in [5.41, 5.74) is 1.36. The third-order valence-electron chi connectivity index (χ3n) is 4.61. The molecule has 1 fully saturated rings. The predicted molar refractivity (Wildman–Crippen MR) is 102 cm³/mol. The molecule has 1 aliphatic rings. The second-order valence-corrected chi connectivity index (χ2v) is 6.85. The van der Waals surface area contributed by atoms with Crippen LogP contribution in [0.25, 0.3) is 0 Å². The smallest absolute Gasteiger partial charge is 0.239 e. The Kier molecular flexibility index (Phi) is 6.94. The zero-order chi connectivity index (χ0) is 19.8. The minimum absolute atomic E-state index is 0.0209. The third kappa shape index (κ3) is 6.04. The van der Waals surface area contributed by atoms with Crippen LogP contribution in [-0.4, -0.2) is 29.4 Å². The van der Waals surface area contributed by atoms with Crippen molar-refractivity contribution in [3.63, 3.8) is 0 Å². The minimum Gasteiger partial charge on any atom is -0.474 e. The summed E-state index contributed by atoms with van der Waals surface area (Å²) < 4.78 is 19.1. The molecule has 6 nitrogen and oxygen atoms in total. The van der Waals surface area contributed by atoms with E-state index < -0.39 is 5.82 Å². The summed E-state index contributed by atoms with van der Waals surface area (Å²) >= 11 is 0. The van der Waals surface area contributed by atoms with Crippen LogP contribution in [-0.2, 0) is 22.6 Å². The number of carbonyl (C=O) groups excluding carboxylic acids is 2. The van der Waals surface area contributed by atoms with Crippen LogP contribution in [0, 0.1) is 5.82 Å². The molecule has 2 aromatic rings. The van der Waals surface area contributed by atoms with Gasteiger partial charge in [0.2, 0.25) is 17.7 Å². The fourth-order valence-electron chi connectivity index (χ4n) is 3.16. The molecule has 0 aliphatic heterocycles. The topological polar surface area (TPSA) is 80.3 Å². The van der Waals surface area contributed by atoms with Gasteiger partial charge in [-0.2, -0.15) is 0 Å². The Labute approximate surface area is 163 Å². The molecule has 1 aromatic heterocycles. The highest BCUT2D eigenvalue weighted by Gasteiger charge is 2.18. The third-order valence-corrected chi connectivity index (χ3v) is 4.61. The highest BCUT2D eigenvalue weighted by molar-refractivity contribution is 5.85. The number of pyridine rings is 1. The Morgan fingerprint density at radius 1 is 1.11 bits per heavy atom. The van der Waals surface area contributed by atoms with Gasteiger partial charge in [-0.3, -0.25) is 9.59 Å². The van der Waals surface area contributed by atoms with Gasteiger partial charge in [0, 0.05) is 18.3 Å². The Morgan fingerprint density at radius 3 is 2.71 bits per heavy atom. The molecule has 1 heterocycles. The van der Waals surface area contributed by atoms with Crippen molar-refractivity contribution >= 4 is 11.8 Å².